The van der Waals surface area contributed by atoms with Crippen LogP contribution in [-0.4, -0.2) is 15.7 Å². The molecule has 2 heterocycles. The standard InChI is InChI=1S/C11H13N3OS/c1-3-14-10(7(2)5-13-14)8-4-9(11(12)15)16-6-8/h4-6H,3H2,1-2H3,(H2,12,15). The minimum atomic E-state index is -0.378. The average molecular weight is 235 g/mol. The van der Waals surface area contributed by atoms with Gasteiger partial charge in [0.1, 0.15) is 0 Å². The maximum Gasteiger partial charge on any atom is 0.258 e. The van der Waals surface area contributed by atoms with Gasteiger partial charge in [0.15, 0.2) is 0 Å². The predicted molar refractivity (Wildman–Crippen MR) is 64.5 cm³/mol. The molecule has 0 saturated carbocycles. The van der Waals surface area contributed by atoms with Gasteiger partial charge in [-0.2, -0.15) is 5.10 Å². The Labute approximate surface area is 97.7 Å². The van der Waals surface area contributed by atoms with E-state index in [-0.39, 0.29) is 5.91 Å². The van der Waals surface area contributed by atoms with Crippen LogP contribution < -0.4 is 5.73 Å². The number of primary amides is 1. The Bertz CT molecular complexity index is 527. The van der Waals surface area contributed by atoms with E-state index in [4.69, 9.17) is 5.73 Å². The van der Waals surface area contributed by atoms with Gasteiger partial charge in [0.05, 0.1) is 16.8 Å². The summed E-state index contributed by atoms with van der Waals surface area (Å²) >= 11 is 1.37. The second-order valence-electron chi connectivity index (χ2n) is 3.56. The second kappa shape index (κ2) is 4.09. The van der Waals surface area contributed by atoms with Crippen LogP contribution in [0, 0.1) is 6.92 Å². The summed E-state index contributed by atoms with van der Waals surface area (Å²) in [5, 5.41) is 6.21. The summed E-state index contributed by atoms with van der Waals surface area (Å²) < 4.78 is 1.92. The van der Waals surface area contributed by atoms with Crippen LogP contribution >= 0.6 is 11.3 Å². The van der Waals surface area contributed by atoms with Crippen LogP contribution in [-0.2, 0) is 6.54 Å². The number of hydrogen-bond donors (Lipinski definition) is 1. The molecule has 0 aliphatic rings. The van der Waals surface area contributed by atoms with E-state index in [0.717, 1.165) is 23.4 Å². The van der Waals surface area contributed by atoms with Crippen molar-refractivity contribution in [3.63, 3.8) is 0 Å². The molecule has 0 fully saturated rings. The van der Waals surface area contributed by atoms with Crippen LogP contribution in [0.25, 0.3) is 11.3 Å². The molecule has 0 radical (unpaired) electrons. The van der Waals surface area contributed by atoms with E-state index in [1.165, 1.54) is 11.3 Å². The van der Waals surface area contributed by atoms with Crippen molar-refractivity contribution in [1.29, 1.82) is 0 Å². The lowest BCUT2D eigenvalue weighted by atomic mass is 10.1. The molecule has 0 aliphatic heterocycles. The van der Waals surface area contributed by atoms with Gasteiger partial charge in [-0.15, -0.1) is 11.3 Å². The van der Waals surface area contributed by atoms with Crippen molar-refractivity contribution >= 4 is 17.2 Å². The molecule has 16 heavy (non-hydrogen) atoms. The molecule has 0 atom stereocenters. The molecule has 84 valence electrons. The summed E-state index contributed by atoms with van der Waals surface area (Å²) in [6.07, 6.45) is 1.83. The van der Waals surface area contributed by atoms with Gasteiger partial charge in [-0.05, 0) is 25.5 Å². The van der Waals surface area contributed by atoms with Crippen molar-refractivity contribution in [3.8, 4) is 11.3 Å². The number of aromatic nitrogens is 2. The molecule has 0 aromatic carbocycles. The molecular weight excluding hydrogens is 222 g/mol. The Morgan fingerprint density at radius 2 is 2.38 bits per heavy atom. The Balaban J connectivity index is 2.49. The van der Waals surface area contributed by atoms with Crippen molar-refractivity contribution in [2.75, 3.05) is 0 Å². The van der Waals surface area contributed by atoms with Gasteiger partial charge in [0.2, 0.25) is 0 Å². The number of aryl methyl sites for hydroxylation is 2. The monoisotopic (exact) mass is 235 g/mol. The highest BCUT2D eigenvalue weighted by Gasteiger charge is 2.12. The summed E-state index contributed by atoms with van der Waals surface area (Å²) in [7, 11) is 0. The molecule has 2 rings (SSSR count). The summed E-state index contributed by atoms with van der Waals surface area (Å²) in [6, 6.07) is 1.82. The zero-order valence-corrected chi connectivity index (χ0v) is 10.0. The van der Waals surface area contributed by atoms with E-state index < -0.39 is 0 Å². The van der Waals surface area contributed by atoms with Crippen LogP contribution in [0.1, 0.15) is 22.2 Å². The minimum absolute atomic E-state index is 0.378. The SMILES string of the molecule is CCn1ncc(C)c1-c1csc(C(N)=O)c1. The molecule has 0 spiro atoms. The largest absolute Gasteiger partial charge is 0.365 e. The number of carbonyl (C=O) groups is 1. The van der Waals surface area contributed by atoms with Gasteiger partial charge in [0.25, 0.3) is 5.91 Å². The molecule has 4 nitrogen and oxygen atoms in total. The van der Waals surface area contributed by atoms with Gasteiger partial charge in [0, 0.05) is 17.5 Å². The van der Waals surface area contributed by atoms with E-state index in [1.807, 2.05) is 36.2 Å². The zero-order valence-electron chi connectivity index (χ0n) is 9.23. The quantitative estimate of drug-likeness (QED) is 0.885. The normalized spacial score (nSPS) is 10.6. The van der Waals surface area contributed by atoms with Crippen LogP contribution in [0.3, 0.4) is 0 Å². The molecule has 0 saturated heterocycles. The number of nitrogens with zero attached hydrogens (tertiary/aromatic N) is 2. The van der Waals surface area contributed by atoms with E-state index >= 15 is 0 Å². The lowest BCUT2D eigenvalue weighted by molar-refractivity contribution is 0.100. The third-order valence-corrected chi connectivity index (χ3v) is 3.38. The van der Waals surface area contributed by atoms with Crippen molar-refractivity contribution in [2.24, 2.45) is 5.73 Å². The van der Waals surface area contributed by atoms with E-state index in [9.17, 15) is 4.79 Å². The lowest BCUT2D eigenvalue weighted by Gasteiger charge is -2.03. The Morgan fingerprint density at radius 3 is 2.94 bits per heavy atom. The van der Waals surface area contributed by atoms with Crippen molar-refractivity contribution < 1.29 is 4.79 Å². The van der Waals surface area contributed by atoms with Crippen LogP contribution in [0.15, 0.2) is 17.6 Å². The first-order chi connectivity index (χ1) is 7.63. The molecule has 5 heteroatoms. The van der Waals surface area contributed by atoms with Crippen LogP contribution in [0.2, 0.25) is 0 Å². The number of carbonyl (C=O) groups excluding carboxylic acids is 1. The summed E-state index contributed by atoms with van der Waals surface area (Å²) in [5.41, 5.74) is 8.42. The van der Waals surface area contributed by atoms with Crippen LogP contribution in [0.5, 0.6) is 0 Å². The average Bonchev–Trinajstić information content (AvgIpc) is 2.83. The molecular formula is C11H13N3OS. The second-order valence-corrected chi connectivity index (χ2v) is 4.47. The lowest BCUT2D eigenvalue weighted by Crippen LogP contribution is -2.08. The fourth-order valence-electron chi connectivity index (χ4n) is 1.68. The fourth-order valence-corrected chi connectivity index (χ4v) is 2.43. The molecule has 1 amide bonds. The first-order valence-electron chi connectivity index (χ1n) is 5.04. The van der Waals surface area contributed by atoms with E-state index in [1.54, 1.807) is 0 Å². The first kappa shape index (κ1) is 10.9. The molecule has 0 bridgehead atoms. The fraction of sp³-hybridized carbons (Fsp3) is 0.273. The van der Waals surface area contributed by atoms with Crippen LogP contribution in [0.4, 0.5) is 0 Å². The predicted octanol–water partition coefficient (Wildman–Crippen LogP) is 2.04. The summed E-state index contributed by atoms with van der Waals surface area (Å²) in [5.74, 6) is -0.378. The highest BCUT2D eigenvalue weighted by molar-refractivity contribution is 7.12. The zero-order chi connectivity index (χ0) is 11.7. The van der Waals surface area contributed by atoms with Crippen molar-refractivity contribution in [1.82, 2.24) is 9.78 Å². The highest BCUT2D eigenvalue weighted by atomic mass is 32.1. The van der Waals surface area contributed by atoms with E-state index in [2.05, 4.69) is 5.10 Å². The highest BCUT2D eigenvalue weighted by Crippen LogP contribution is 2.27. The molecule has 0 unspecified atom stereocenters. The third-order valence-electron chi connectivity index (χ3n) is 2.44. The van der Waals surface area contributed by atoms with E-state index in [0.29, 0.717) is 4.88 Å². The third kappa shape index (κ3) is 1.74. The number of amides is 1. The smallest absolute Gasteiger partial charge is 0.258 e. The summed E-state index contributed by atoms with van der Waals surface area (Å²) in [4.78, 5) is 11.6. The Hall–Kier alpha value is -1.62. The number of hydrogen-bond acceptors (Lipinski definition) is 3. The van der Waals surface area contributed by atoms with Gasteiger partial charge < -0.3 is 5.73 Å². The molecule has 2 aromatic heterocycles. The first-order valence-corrected chi connectivity index (χ1v) is 5.92. The maximum absolute atomic E-state index is 11.0. The Morgan fingerprint density at radius 1 is 1.62 bits per heavy atom. The Kier molecular flexibility index (Phi) is 2.78. The molecule has 2 N–H and O–H groups in total. The van der Waals surface area contributed by atoms with Crippen molar-refractivity contribution in [2.45, 2.75) is 20.4 Å². The maximum atomic E-state index is 11.0. The topological polar surface area (TPSA) is 60.9 Å². The molecule has 0 aliphatic carbocycles. The van der Waals surface area contributed by atoms with Gasteiger partial charge in [-0.3, -0.25) is 9.48 Å². The number of rotatable bonds is 3. The summed E-state index contributed by atoms with van der Waals surface area (Å²) in [6.45, 7) is 4.86. The molecule has 2 aromatic rings. The van der Waals surface area contributed by atoms with Crippen molar-refractivity contribution in [3.05, 3.63) is 28.1 Å². The number of thiophene rings is 1. The van der Waals surface area contributed by atoms with Gasteiger partial charge in [-0.1, -0.05) is 0 Å². The van der Waals surface area contributed by atoms with Gasteiger partial charge >= 0.3 is 0 Å². The minimum Gasteiger partial charge on any atom is -0.365 e. The number of nitrogens with two attached hydrogens (primary N) is 1. The van der Waals surface area contributed by atoms with Gasteiger partial charge in [-0.25, -0.2) is 0 Å².